The molecule has 0 bridgehead atoms. The first-order valence-electron chi connectivity index (χ1n) is 7.24. The SMILES string of the molecule is OC1(c2ccccc2Sc2ccc(Cl)cc2F)CCNCC1. The third-order valence-corrected chi connectivity index (χ3v) is 5.29. The minimum atomic E-state index is -0.849. The van der Waals surface area contributed by atoms with Crippen molar-refractivity contribution in [1.29, 1.82) is 0 Å². The molecule has 2 aromatic rings. The van der Waals surface area contributed by atoms with Crippen molar-refractivity contribution in [3.8, 4) is 0 Å². The summed E-state index contributed by atoms with van der Waals surface area (Å²) in [6.07, 6.45) is 1.32. The smallest absolute Gasteiger partial charge is 0.138 e. The molecule has 3 rings (SSSR count). The molecule has 1 aliphatic rings. The Bertz CT molecular complexity index is 673. The van der Waals surface area contributed by atoms with E-state index in [4.69, 9.17) is 11.6 Å². The Hall–Kier alpha value is -1.07. The monoisotopic (exact) mass is 337 g/mol. The molecule has 1 saturated heterocycles. The largest absolute Gasteiger partial charge is 0.385 e. The number of hydrogen-bond donors (Lipinski definition) is 2. The summed E-state index contributed by atoms with van der Waals surface area (Å²) in [6, 6.07) is 12.3. The van der Waals surface area contributed by atoms with E-state index < -0.39 is 5.60 Å². The number of piperidine rings is 1. The van der Waals surface area contributed by atoms with Crippen molar-refractivity contribution in [3.05, 3.63) is 58.9 Å². The molecule has 2 aromatic carbocycles. The zero-order valence-corrected chi connectivity index (χ0v) is 13.6. The van der Waals surface area contributed by atoms with E-state index in [1.54, 1.807) is 12.1 Å². The van der Waals surface area contributed by atoms with Gasteiger partial charge in [-0.3, -0.25) is 0 Å². The maximum atomic E-state index is 14.0. The van der Waals surface area contributed by atoms with Gasteiger partial charge in [0.05, 0.1) is 5.60 Å². The maximum absolute atomic E-state index is 14.0. The first kappa shape index (κ1) is 15.8. The molecule has 1 heterocycles. The molecule has 1 aliphatic heterocycles. The second kappa shape index (κ2) is 6.59. The highest BCUT2D eigenvalue weighted by molar-refractivity contribution is 7.99. The fourth-order valence-corrected chi connectivity index (χ4v) is 3.93. The Morgan fingerprint density at radius 3 is 2.55 bits per heavy atom. The van der Waals surface area contributed by atoms with E-state index in [0.29, 0.717) is 22.8 Å². The minimum absolute atomic E-state index is 0.343. The van der Waals surface area contributed by atoms with Crippen LogP contribution >= 0.6 is 23.4 Å². The molecule has 0 spiro atoms. The van der Waals surface area contributed by atoms with Crippen LogP contribution in [0.15, 0.2) is 52.3 Å². The molecule has 0 atom stereocenters. The lowest BCUT2D eigenvalue weighted by molar-refractivity contribution is 0.00350. The van der Waals surface area contributed by atoms with Gasteiger partial charge in [-0.25, -0.2) is 4.39 Å². The average molecular weight is 338 g/mol. The molecule has 0 unspecified atom stereocenters. The van der Waals surface area contributed by atoms with E-state index in [1.165, 1.54) is 17.8 Å². The highest BCUT2D eigenvalue weighted by atomic mass is 35.5. The summed E-state index contributed by atoms with van der Waals surface area (Å²) in [6.45, 7) is 1.57. The van der Waals surface area contributed by atoms with Crippen molar-refractivity contribution >= 4 is 23.4 Å². The van der Waals surface area contributed by atoms with E-state index in [1.807, 2.05) is 24.3 Å². The summed E-state index contributed by atoms with van der Waals surface area (Å²) in [4.78, 5) is 1.39. The zero-order chi connectivity index (χ0) is 15.6. The van der Waals surface area contributed by atoms with Crippen LogP contribution in [0.5, 0.6) is 0 Å². The van der Waals surface area contributed by atoms with Crippen LogP contribution in [0.25, 0.3) is 0 Å². The first-order chi connectivity index (χ1) is 10.6. The Balaban J connectivity index is 1.94. The summed E-state index contributed by atoms with van der Waals surface area (Å²) in [7, 11) is 0. The van der Waals surface area contributed by atoms with E-state index in [0.717, 1.165) is 23.5 Å². The van der Waals surface area contributed by atoms with Crippen LogP contribution in [0.2, 0.25) is 5.02 Å². The average Bonchev–Trinajstić information content (AvgIpc) is 2.51. The summed E-state index contributed by atoms with van der Waals surface area (Å²) >= 11 is 7.13. The van der Waals surface area contributed by atoms with E-state index in [9.17, 15) is 9.50 Å². The molecular weight excluding hydrogens is 321 g/mol. The predicted molar refractivity (Wildman–Crippen MR) is 88.0 cm³/mol. The van der Waals surface area contributed by atoms with Gasteiger partial charge in [-0.2, -0.15) is 0 Å². The molecule has 2 N–H and O–H groups in total. The fourth-order valence-electron chi connectivity index (χ4n) is 2.73. The summed E-state index contributed by atoms with van der Waals surface area (Å²) in [5.74, 6) is -0.343. The van der Waals surface area contributed by atoms with Crippen LogP contribution in [-0.2, 0) is 5.60 Å². The zero-order valence-electron chi connectivity index (χ0n) is 12.0. The molecule has 5 heteroatoms. The number of aliphatic hydroxyl groups is 1. The molecule has 0 amide bonds. The van der Waals surface area contributed by atoms with Crippen LogP contribution in [0.4, 0.5) is 4.39 Å². The molecule has 1 fully saturated rings. The van der Waals surface area contributed by atoms with Gasteiger partial charge < -0.3 is 10.4 Å². The molecule has 0 radical (unpaired) electrons. The molecule has 0 saturated carbocycles. The van der Waals surface area contributed by atoms with E-state index in [-0.39, 0.29) is 5.82 Å². The van der Waals surface area contributed by atoms with Gasteiger partial charge in [0.25, 0.3) is 0 Å². The first-order valence-corrected chi connectivity index (χ1v) is 8.43. The Kier molecular flexibility index (Phi) is 4.73. The molecule has 0 aliphatic carbocycles. The number of rotatable bonds is 3. The summed E-state index contributed by atoms with van der Waals surface area (Å²) in [5.41, 5.74) is 0.0217. The Labute approximate surface area is 138 Å². The van der Waals surface area contributed by atoms with Gasteiger partial charge in [0.15, 0.2) is 0 Å². The van der Waals surface area contributed by atoms with Gasteiger partial charge in [0.2, 0.25) is 0 Å². The van der Waals surface area contributed by atoms with Crippen LogP contribution in [0, 0.1) is 5.82 Å². The van der Waals surface area contributed by atoms with E-state index >= 15 is 0 Å². The van der Waals surface area contributed by atoms with Gasteiger partial charge in [-0.15, -0.1) is 0 Å². The molecule has 2 nitrogen and oxygen atoms in total. The normalized spacial score (nSPS) is 17.4. The predicted octanol–water partition coefficient (Wildman–Crippen LogP) is 4.20. The third-order valence-electron chi connectivity index (χ3n) is 3.93. The third kappa shape index (κ3) is 3.30. The van der Waals surface area contributed by atoms with E-state index in [2.05, 4.69) is 5.32 Å². The molecule has 116 valence electrons. The Morgan fingerprint density at radius 2 is 1.82 bits per heavy atom. The van der Waals surface area contributed by atoms with Crippen molar-refractivity contribution in [1.82, 2.24) is 5.32 Å². The summed E-state index contributed by atoms with van der Waals surface area (Å²) in [5, 5.41) is 14.6. The number of hydrogen-bond acceptors (Lipinski definition) is 3. The minimum Gasteiger partial charge on any atom is -0.385 e. The van der Waals surface area contributed by atoms with Crippen molar-refractivity contribution in [2.45, 2.75) is 28.2 Å². The van der Waals surface area contributed by atoms with Crippen LogP contribution in [0.1, 0.15) is 18.4 Å². The van der Waals surface area contributed by atoms with Gasteiger partial charge in [-0.05, 0) is 55.8 Å². The number of benzene rings is 2. The molecular formula is C17H17ClFNOS. The Morgan fingerprint density at radius 1 is 1.09 bits per heavy atom. The van der Waals surface area contributed by atoms with Crippen molar-refractivity contribution < 1.29 is 9.50 Å². The van der Waals surface area contributed by atoms with Gasteiger partial charge >= 0.3 is 0 Å². The van der Waals surface area contributed by atoms with Crippen molar-refractivity contribution in [2.24, 2.45) is 0 Å². The number of halogens is 2. The quantitative estimate of drug-likeness (QED) is 0.880. The fraction of sp³-hybridized carbons (Fsp3) is 0.294. The van der Waals surface area contributed by atoms with Crippen LogP contribution < -0.4 is 5.32 Å². The van der Waals surface area contributed by atoms with Gasteiger partial charge in [0.1, 0.15) is 5.82 Å². The molecule has 22 heavy (non-hydrogen) atoms. The summed E-state index contributed by atoms with van der Waals surface area (Å²) < 4.78 is 14.0. The highest BCUT2D eigenvalue weighted by Crippen LogP contribution is 2.40. The lowest BCUT2D eigenvalue weighted by Crippen LogP contribution is -2.40. The molecule has 0 aromatic heterocycles. The number of nitrogens with one attached hydrogen (secondary N) is 1. The highest BCUT2D eigenvalue weighted by Gasteiger charge is 2.33. The van der Waals surface area contributed by atoms with Crippen LogP contribution in [0.3, 0.4) is 0 Å². The van der Waals surface area contributed by atoms with Crippen LogP contribution in [-0.4, -0.2) is 18.2 Å². The van der Waals surface area contributed by atoms with Gasteiger partial charge in [-0.1, -0.05) is 41.6 Å². The van der Waals surface area contributed by atoms with Crippen molar-refractivity contribution in [3.63, 3.8) is 0 Å². The second-order valence-corrected chi connectivity index (χ2v) is 6.97. The lowest BCUT2D eigenvalue weighted by atomic mass is 9.85. The topological polar surface area (TPSA) is 32.3 Å². The van der Waals surface area contributed by atoms with Gasteiger partial charge in [0, 0.05) is 14.8 Å². The van der Waals surface area contributed by atoms with Crippen molar-refractivity contribution in [2.75, 3.05) is 13.1 Å². The lowest BCUT2D eigenvalue weighted by Gasteiger charge is -2.34. The standard InChI is InChI=1S/C17H17ClFNOS/c18-12-5-6-16(14(19)11-12)22-15-4-2-1-3-13(15)17(21)7-9-20-10-8-17/h1-6,11,20-21H,7-10H2. The second-order valence-electron chi connectivity index (χ2n) is 5.45. The maximum Gasteiger partial charge on any atom is 0.138 e.